The Hall–Kier alpha value is -4.26. The molecule has 1 aliphatic rings. The van der Waals surface area contributed by atoms with Crippen molar-refractivity contribution in [2.45, 2.75) is 32.9 Å². The Kier molecular flexibility index (Phi) is 7.29. The molecule has 0 aliphatic carbocycles. The summed E-state index contributed by atoms with van der Waals surface area (Å²) < 4.78 is 11.0. The highest BCUT2D eigenvalue weighted by atomic mass is 16.5. The van der Waals surface area contributed by atoms with Crippen molar-refractivity contribution in [3.63, 3.8) is 0 Å². The molecular formula is C29H29NO6. The highest BCUT2D eigenvalue weighted by Crippen LogP contribution is 2.43. The van der Waals surface area contributed by atoms with Gasteiger partial charge in [0.25, 0.3) is 11.7 Å². The second-order valence-corrected chi connectivity index (χ2v) is 8.45. The van der Waals surface area contributed by atoms with Crippen LogP contribution in [0, 0.1) is 0 Å². The van der Waals surface area contributed by atoms with E-state index in [1.165, 1.54) is 11.0 Å². The van der Waals surface area contributed by atoms with Gasteiger partial charge in [-0.1, -0.05) is 55.5 Å². The minimum absolute atomic E-state index is 0.0210. The van der Waals surface area contributed by atoms with Gasteiger partial charge in [-0.2, -0.15) is 0 Å². The second kappa shape index (κ2) is 10.6. The number of aliphatic hydroxyl groups is 1. The molecule has 1 heterocycles. The van der Waals surface area contributed by atoms with Crippen molar-refractivity contribution in [3.05, 3.63) is 94.6 Å². The van der Waals surface area contributed by atoms with E-state index < -0.39 is 17.7 Å². The quantitative estimate of drug-likeness (QED) is 0.264. The van der Waals surface area contributed by atoms with Gasteiger partial charge >= 0.3 is 0 Å². The van der Waals surface area contributed by atoms with E-state index in [4.69, 9.17) is 9.47 Å². The number of amides is 1. The summed E-state index contributed by atoms with van der Waals surface area (Å²) in [6, 6.07) is 18.3. The molecular weight excluding hydrogens is 458 g/mol. The average molecular weight is 488 g/mol. The van der Waals surface area contributed by atoms with Crippen LogP contribution in [0.4, 0.5) is 0 Å². The Morgan fingerprint density at radius 3 is 2.36 bits per heavy atom. The first-order valence-corrected chi connectivity index (χ1v) is 11.8. The summed E-state index contributed by atoms with van der Waals surface area (Å²) in [6.07, 6.45) is 0.831. The number of ketones is 1. The number of hydrogen-bond acceptors (Lipinski definition) is 6. The molecule has 4 rings (SSSR count). The minimum atomic E-state index is -0.902. The van der Waals surface area contributed by atoms with Gasteiger partial charge < -0.3 is 24.6 Å². The number of Topliss-reactive ketones (excluding diaryl/α,β-unsaturated/α-hetero) is 1. The molecule has 0 aromatic heterocycles. The van der Waals surface area contributed by atoms with Crippen LogP contribution in [-0.2, 0) is 22.6 Å². The molecule has 1 unspecified atom stereocenters. The number of ether oxygens (including phenoxy) is 2. The number of benzene rings is 3. The van der Waals surface area contributed by atoms with Crippen molar-refractivity contribution < 1.29 is 29.3 Å². The van der Waals surface area contributed by atoms with Crippen molar-refractivity contribution in [1.29, 1.82) is 0 Å². The number of carbonyl (C=O) groups excluding carboxylic acids is 2. The van der Waals surface area contributed by atoms with Crippen LogP contribution in [0.3, 0.4) is 0 Å². The molecule has 1 amide bonds. The lowest BCUT2D eigenvalue weighted by Gasteiger charge is -2.26. The molecule has 1 saturated heterocycles. The molecule has 186 valence electrons. The van der Waals surface area contributed by atoms with E-state index in [1.807, 2.05) is 37.3 Å². The van der Waals surface area contributed by atoms with E-state index in [9.17, 15) is 19.8 Å². The number of aromatic hydroxyl groups is 1. The van der Waals surface area contributed by atoms with Gasteiger partial charge in [-0.05, 0) is 42.7 Å². The Morgan fingerprint density at radius 1 is 0.972 bits per heavy atom. The van der Waals surface area contributed by atoms with Crippen LogP contribution in [-0.4, -0.2) is 40.5 Å². The number of phenolic OH excluding ortho intramolecular Hbond substituents is 1. The smallest absolute Gasteiger partial charge is 0.295 e. The van der Waals surface area contributed by atoms with Crippen LogP contribution in [0.5, 0.6) is 17.2 Å². The molecule has 0 saturated carbocycles. The molecule has 0 bridgehead atoms. The van der Waals surface area contributed by atoms with Gasteiger partial charge in [0.15, 0.2) is 11.5 Å². The molecule has 0 spiro atoms. The lowest BCUT2D eigenvalue weighted by atomic mass is 9.94. The molecule has 1 aliphatic heterocycles. The third kappa shape index (κ3) is 4.64. The van der Waals surface area contributed by atoms with Gasteiger partial charge in [-0.25, -0.2) is 0 Å². The number of nitrogens with zero attached hydrogens (tertiary/aromatic N) is 1. The number of para-hydroxylation sites is 1. The van der Waals surface area contributed by atoms with E-state index in [2.05, 4.69) is 0 Å². The van der Waals surface area contributed by atoms with Gasteiger partial charge in [0, 0.05) is 11.1 Å². The van der Waals surface area contributed by atoms with Crippen LogP contribution in [0.15, 0.2) is 72.3 Å². The van der Waals surface area contributed by atoms with Crippen LogP contribution in [0.2, 0.25) is 0 Å². The highest BCUT2D eigenvalue weighted by Gasteiger charge is 2.46. The van der Waals surface area contributed by atoms with Gasteiger partial charge in [0.05, 0.1) is 31.9 Å². The zero-order chi connectivity index (χ0) is 25.8. The zero-order valence-corrected chi connectivity index (χ0v) is 20.5. The number of carbonyl (C=O) groups is 2. The number of phenols is 1. The van der Waals surface area contributed by atoms with Crippen molar-refractivity contribution >= 4 is 17.4 Å². The van der Waals surface area contributed by atoms with Crippen LogP contribution in [0.25, 0.3) is 5.76 Å². The summed E-state index contributed by atoms with van der Waals surface area (Å²) in [5.41, 5.74) is 2.74. The first kappa shape index (κ1) is 24.9. The van der Waals surface area contributed by atoms with E-state index in [0.717, 1.165) is 12.0 Å². The van der Waals surface area contributed by atoms with Crippen molar-refractivity contribution in [2.75, 3.05) is 13.7 Å². The third-order valence-electron chi connectivity index (χ3n) is 6.31. The first-order valence-electron chi connectivity index (χ1n) is 11.8. The molecule has 36 heavy (non-hydrogen) atoms. The van der Waals surface area contributed by atoms with Crippen LogP contribution in [0.1, 0.15) is 42.1 Å². The number of rotatable bonds is 8. The molecule has 7 nitrogen and oxygen atoms in total. The molecule has 2 N–H and O–H groups in total. The number of aryl methyl sites for hydroxylation is 1. The molecule has 1 fully saturated rings. The normalized spacial score (nSPS) is 16.9. The van der Waals surface area contributed by atoms with Crippen LogP contribution >= 0.6 is 0 Å². The Morgan fingerprint density at radius 2 is 1.69 bits per heavy atom. The summed E-state index contributed by atoms with van der Waals surface area (Å²) in [4.78, 5) is 28.1. The maximum Gasteiger partial charge on any atom is 0.295 e. The standard InChI is InChI=1S/C29H29NO6/c1-4-18-10-12-19(13-11-18)27(32)25-26(20-14-15-22(31)24(16-20)36-5-2)30(29(34)28(25)33)17-21-8-6-7-9-23(21)35-3/h6-16,26,31-32H,4-5,17H2,1-3H3/b27-25-. The monoisotopic (exact) mass is 487 g/mol. The lowest BCUT2D eigenvalue weighted by molar-refractivity contribution is -0.140. The highest BCUT2D eigenvalue weighted by molar-refractivity contribution is 6.46. The largest absolute Gasteiger partial charge is 0.507 e. The Balaban J connectivity index is 1.88. The summed E-state index contributed by atoms with van der Waals surface area (Å²) in [5.74, 6) is -1.02. The lowest BCUT2D eigenvalue weighted by Crippen LogP contribution is -2.29. The fourth-order valence-corrected chi connectivity index (χ4v) is 4.43. The first-order chi connectivity index (χ1) is 17.4. The van der Waals surface area contributed by atoms with E-state index >= 15 is 0 Å². The summed E-state index contributed by atoms with van der Waals surface area (Å²) in [6.45, 7) is 4.22. The topological polar surface area (TPSA) is 96.3 Å². The number of aliphatic hydroxyl groups excluding tert-OH is 1. The summed E-state index contributed by atoms with van der Waals surface area (Å²) in [7, 11) is 1.54. The fourth-order valence-electron chi connectivity index (χ4n) is 4.43. The Labute approximate surface area is 210 Å². The van der Waals surface area contributed by atoms with Gasteiger partial charge in [0.1, 0.15) is 11.5 Å². The van der Waals surface area contributed by atoms with Crippen LogP contribution < -0.4 is 9.47 Å². The number of hydrogen-bond donors (Lipinski definition) is 2. The number of likely N-dealkylation sites (tertiary alicyclic amines) is 1. The average Bonchev–Trinajstić information content (AvgIpc) is 3.15. The maximum atomic E-state index is 13.3. The van der Waals surface area contributed by atoms with Crippen molar-refractivity contribution in [2.24, 2.45) is 0 Å². The van der Waals surface area contributed by atoms with Gasteiger partial charge in [0.2, 0.25) is 0 Å². The Bertz CT molecular complexity index is 1310. The molecule has 7 heteroatoms. The van der Waals surface area contributed by atoms with E-state index in [1.54, 1.807) is 44.4 Å². The van der Waals surface area contributed by atoms with E-state index in [-0.39, 0.29) is 29.4 Å². The SMILES string of the molecule is CCOc1cc(C2/C(=C(/O)c3ccc(CC)cc3)C(=O)C(=O)N2Cc2ccccc2OC)ccc1O. The van der Waals surface area contributed by atoms with Crippen molar-refractivity contribution in [3.8, 4) is 17.2 Å². The second-order valence-electron chi connectivity index (χ2n) is 8.45. The zero-order valence-electron chi connectivity index (χ0n) is 20.5. The molecule has 0 radical (unpaired) electrons. The van der Waals surface area contributed by atoms with Gasteiger partial charge in [-0.3, -0.25) is 9.59 Å². The maximum absolute atomic E-state index is 13.3. The van der Waals surface area contributed by atoms with Crippen molar-refractivity contribution in [1.82, 2.24) is 4.90 Å². The third-order valence-corrected chi connectivity index (χ3v) is 6.31. The minimum Gasteiger partial charge on any atom is -0.507 e. The molecule has 3 aromatic rings. The molecule has 1 atom stereocenters. The number of methoxy groups -OCH3 is 1. The fraction of sp³-hybridized carbons (Fsp3) is 0.241. The predicted molar refractivity (Wildman–Crippen MR) is 136 cm³/mol. The predicted octanol–water partition coefficient (Wildman–Crippen LogP) is 4.98. The van der Waals surface area contributed by atoms with Gasteiger partial charge in [-0.15, -0.1) is 0 Å². The molecule has 3 aromatic carbocycles. The summed E-state index contributed by atoms with van der Waals surface area (Å²) in [5, 5.41) is 21.5. The van der Waals surface area contributed by atoms with E-state index in [0.29, 0.717) is 29.0 Å². The summed E-state index contributed by atoms with van der Waals surface area (Å²) >= 11 is 0.